The Balaban J connectivity index is 2.79. The molecule has 0 saturated carbocycles. The molecule has 0 aromatic carbocycles. The molecule has 1 rings (SSSR count). The number of carbonyl (C=O) groups is 2. The van der Waals surface area contributed by atoms with Gasteiger partial charge >= 0.3 is 11.9 Å². The molecule has 0 heterocycles. The molecular weight excluding hydrogens is 256 g/mol. The highest BCUT2D eigenvalue weighted by Gasteiger charge is 2.25. The van der Waals surface area contributed by atoms with E-state index in [2.05, 4.69) is 19.7 Å². The first-order valence-corrected chi connectivity index (χ1v) is 6.48. The highest BCUT2D eigenvalue weighted by molar-refractivity contribution is 5.83. The molecule has 4 nitrogen and oxygen atoms in total. The summed E-state index contributed by atoms with van der Waals surface area (Å²) in [5, 5.41) is 0. The van der Waals surface area contributed by atoms with Gasteiger partial charge in [0.1, 0.15) is 0 Å². The lowest BCUT2D eigenvalue weighted by Crippen LogP contribution is -2.27. The van der Waals surface area contributed by atoms with Gasteiger partial charge in [-0.3, -0.25) is 0 Å². The van der Waals surface area contributed by atoms with Crippen molar-refractivity contribution < 1.29 is 19.1 Å². The van der Waals surface area contributed by atoms with Crippen LogP contribution in [0.5, 0.6) is 0 Å². The maximum Gasteiger partial charge on any atom is 0.333 e. The minimum Gasteiger partial charge on any atom is -0.418 e. The topological polar surface area (TPSA) is 52.6 Å². The third kappa shape index (κ3) is 4.53. The average molecular weight is 276 g/mol. The Hall–Kier alpha value is -2.10. The lowest BCUT2D eigenvalue weighted by molar-refractivity contribution is -0.174. The SMILES string of the molecule is C=CC(=O)OC(OC(=O)C=C)C1=CCC(C(=C)C)CC1. The Kier molecular flexibility index (Phi) is 5.97. The van der Waals surface area contributed by atoms with E-state index < -0.39 is 18.2 Å². The molecule has 4 heteroatoms. The maximum absolute atomic E-state index is 11.3. The van der Waals surface area contributed by atoms with E-state index in [0.29, 0.717) is 12.3 Å². The van der Waals surface area contributed by atoms with Crippen molar-refractivity contribution in [2.45, 2.75) is 32.5 Å². The van der Waals surface area contributed by atoms with Gasteiger partial charge in [-0.05, 0) is 32.1 Å². The highest BCUT2D eigenvalue weighted by atomic mass is 16.7. The summed E-state index contributed by atoms with van der Waals surface area (Å²) >= 11 is 0. The van der Waals surface area contributed by atoms with Crippen LogP contribution in [-0.2, 0) is 19.1 Å². The van der Waals surface area contributed by atoms with Gasteiger partial charge in [-0.15, -0.1) is 0 Å². The maximum atomic E-state index is 11.3. The van der Waals surface area contributed by atoms with Crippen molar-refractivity contribution in [3.8, 4) is 0 Å². The van der Waals surface area contributed by atoms with Gasteiger partial charge in [0.05, 0.1) is 0 Å². The molecule has 1 aliphatic rings. The molecule has 0 bridgehead atoms. The Morgan fingerprint density at radius 3 is 2.20 bits per heavy atom. The van der Waals surface area contributed by atoms with E-state index in [1.165, 1.54) is 0 Å². The molecule has 1 atom stereocenters. The largest absolute Gasteiger partial charge is 0.418 e. The molecule has 0 aliphatic heterocycles. The van der Waals surface area contributed by atoms with Crippen molar-refractivity contribution in [3.63, 3.8) is 0 Å². The van der Waals surface area contributed by atoms with Crippen LogP contribution in [-0.4, -0.2) is 18.2 Å². The minimum absolute atomic E-state index is 0.421. The summed E-state index contributed by atoms with van der Waals surface area (Å²) in [6, 6.07) is 0. The Bertz CT molecular complexity index is 437. The van der Waals surface area contributed by atoms with E-state index in [0.717, 1.165) is 36.1 Å². The molecule has 0 saturated heterocycles. The zero-order valence-corrected chi connectivity index (χ0v) is 11.8. The van der Waals surface area contributed by atoms with E-state index in [4.69, 9.17) is 9.47 Å². The smallest absolute Gasteiger partial charge is 0.333 e. The van der Waals surface area contributed by atoms with E-state index in [1.807, 2.05) is 13.0 Å². The van der Waals surface area contributed by atoms with E-state index in [-0.39, 0.29) is 0 Å². The fourth-order valence-electron chi connectivity index (χ4n) is 2.00. The molecule has 1 aliphatic carbocycles. The van der Waals surface area contributed by atoms with Crippen molar-refractivity contribution in [1.82, 2.24) is 0 Å². The summed E-state index contributed by atoms with van der Waals surface area (Å²) in [6.07, 6.45) is 5.41. The van der Waals surface area contributed by atoms with Gasteiger partial charge in [0.25, 0.3) is 6.29 Å². The molecule has 0 aromatic rings. The number of esters is 2. The summed E-state index contributed by atoms with van der Waals surface area (Å²) in [6.45, 7) is 12.6. The molecule has 1 unspecified atom stereocenters. The monoisotopic (exact) mass is 276 g/mol. The second-order valence-corrected chi connectivity index (χ2v) is 4.71. The minimum atomic E-state index is -1.00. The van der Waals surface area contributed by atoms with Gasteiger partial charge < -0.3 is 9.47 Å². The second kappa shape index (κ2) is 7.48. The van der Waals surface area contributed by atoms with Crippen LogP contribution in [0.4, 0.5) is 0 Å². The zero-order chi connectivity index (χ0) is 15.1. The molecule has 108 valence electrons. The Labute approximate surface area is 119 Å². The lowest BCUT2D eigenvalue weighted by Gasteiger charge is -2.26. The molecule has 0 spiro atoms. The summed E-state index contributed by atoms with van der Waals surface area (Å²) in [7, 11) is 0. The van der Waals surface area contributed by atoms with Crippen LogP contribution in [0.1, 0.15) is 26.2 Å². The zero-order valence-electron chi connectivity index (χ0n) is 11.8. The predicted molar refractivity (Wildman–Crippen MR) is 76.6 cm³/mol. The number of hydrogen-bond donors (Lipinski definition) is 0. The molecule has 0 aromatic heterocycles. The van der Waals surface area contributed by atoms with Gasteiger partial charge in [0.2, 0.25) is 0 Å². The first-order valence-electron chi connectivity index (χ1n) is 6.48. The van der Waals surface area contributed by atoms with Gasteiger partial charge in [-0.25, -0.2) is 9.59 Å². The predicted octanol–water partition coefficient (Wildman–Crippen LogP) is 3.07. The molecule has 0 fully saturated rings. The average Bonchev–Trinajstić information content (AvgIpc) is 2.46. The summed E-state index contributed by atoms with van der Waals surface area (Å²) in [4.78, 5) is 22.6. The second-order valence-electron chi connectivity index (χ2n) is 4.71. The molecule has 0 amide bonds. The molecule has 20 heavy (non-hydrogen) atoms. The fourth-order valence-corrected chi connectivity index (χ4v) is 2.00. The normalized spacial score (nSPS) is 17.9. The summed E-state index contributed by atoms with van der Waals surface area (Å²) in [5.41, 5.74) is 1.91. The van der Waals surface area contributed by atoms with Crippen molar-refractivity contribution in [3.05, 3.63) is 49.1 Å². The van der Waals surface area contributed by atoms with Gasteiger partial charge in [-0.2, -0.15) is 0 Å². The van der Waals surface area contributed by atoms with E-state index in [9.17, 15) is 9.59 Å². The van der Waals surface area contributed by atoms with Crippen molar-refractivity contribution in [2.24, 2.45) is 5.92 Å². The Morgan fingerprint density at radius 1 is 1.30 bits per heavy atom. The number of carbonyl (C=O) groups excluding carboxylic acids is 2. The quantitative estimate of drug-likeness (QED) is 0.324. The third-order valence-electron chi connectivity index (χ3n) is 3.23. The van der Waals surface area contributed by atoms with E-state index in [1.54, 1.807) is 0 Å². The summed E-state index contributed by atoms with van der Waals surface area (Å²) < 4.78 is 10.1. The van der Waals surface area contributed by atoms with Crippen LogP contribution in [0.15, 0.2) is 49.1 Å². The number of rotatable bonds is 6. The van der Waals surface area contributed by atoms with Crippen LogP contribution in [0, 0.1) is 5.92 Å². The van der Waals surface area contributed by atoms with Gasteiger partial charge in [0.15, 0.2) is 0 Å². The van der Waals surface area contributed by atoms with Crippen LogP contribution in [0.25, 0.3) is 0 Å². The first kappa shape index (κ1) is 16.0. The third-order valence-corrected chi connectivity index (χ3v) is 3.23. The van der Waals surface area contributed by atoms with Gasteiger partial charge in [0, 0.05) is 17.7 Å². The number of allylic oxidation sites excluding steroid dienone is 2. The highest BCUT2D eigenvalue weighted by Crippen LogP contribution is 2.30. The number of ether oxygens (including phenoxy) is 2. The molecular formula is C16H20O4. The van der Waals surface area contributed by atoms with Crippen LogP contribution in [0.2, 0.25) is 0 Å². The molecule has 0 N–H and O–H groups in total. The fraction of sp³-hybridized carbons (Fsp3) is 0.375. The van der Waals surface area contributed by atoms with Crippen LogP contribution < -0.4 is 0 Å². The standard InChI is InChI=1S/C16H20O4/c1-5-14(17)19-16(20-15(18)6-2)13-9-7-12(8-10-13)11(3)4/h5-6,9,12,16H,1-3,7-8,10H2,4H3. The van der Waals surface area contributed by atoms with Gasteiger partial charge in [-0.1, -0.05) is 31.4 Å². The first-order chi connectivity index (χ1) is 9.47. The van der Waals surface area contributed by atoms with E-state index >= 15 is 0 Å². The van der Waals surface area contributed by atoms with Crippen LogP contribution in [0.3, 0.4) is 0 Å². The summed E-state index contributed by atoms with van der Waals surface area (Å²) in [5.74, 6) is -0.839. The van der Waals surface area contributed by atoms with Crippen molar-refractivity contribution in [1.29, 1.82) is 0 Å². The number of hydrogen-bond acceptors (Lipinski definition) is 4. The van der Waals surface area contributed by atoms with Crippen LogP contribution >= 0.6 is 0 Å². The van der Waals surface area contributed by atoms with Crippen molar-refractivity contribution in [2.75, 3.05) is 0 Å². The van der Waals surface area contributed by atoms with Crippen molar-refractivity contribution >= 4 is 11.9 Å². The molecule has 0 radical (unpaired) electrons. The Morgan fingerprint density at radius 2 is 1.85 bits per heavy atom. The lowest BCUT2D eigenvalue weighted by atomic mass is 9.85.